The zero-order valence-electron chi connectivity index (χ0n) is 11.7. The molecule has 0 amide bonds. The van der Waals surface area contributed by atoms with E-state index >= 15 is 0 Å². The van der Waals surface area contributed by atoms with Crippen molar-refractivity contribution >= 4 is 15.9 Å². The third-order valence-corrected chi connectivity index (χ3v) is 2.49. The fourth-order valence-electron chi connectivity index (χ4n) is 1.12. The molecule has 106 valence electrons. The van der Waals surface area contributed by atoms with Gasteiger partial charge in [0.05, 0.1) is 5.69 Å². The van der Waals surface area contributed by atoms with Gasteiger partial charge in [-0.25, -0.2) is 9.18 Å². The lowest BCUT2D eigenvalue weighted by atomic mass is 10.3. The fraction of sp³-hybridized carbons (Fsp3) is 0.417. The Morgan fingerprint density at radius 3 is 2.16 bits per heavy atom. The first-order chi connectivity index (χ1) is 9.09. The van der Waals surface area contributed by atoms with Gasteiger partial charge in [-0.2, -0.15) is 9.36 Å². The topological polar surface area (TPSA) is 52.7 Å². The van der Waals surface area contributed by atoms with E-state index in [0.29, 0.717) is 10.2 Å². The van der Waals surface area contributed by atoms with E-state index in [-0.39, 0.29) is 11.5 Å². The Bertz CT molecular complexity index is 565. The molecule has 0 unspecified atom stereocenters. The molecule has 1 heterocycles. The second-order valence-corrected chi connectivity index (χ2v) is 3.75. The zero-order chi connectivity index (χ0) is 15.0. The van der Waals surface area contributed by atoms with Gasteiger partial charge in [-0.3, -0.25) is 0 Å². The van der Waals surface area contributed by atoms with Gasteiger partial charge in [-0.05, 0) is 44.6 Å². The molecule has 0 aliphatic heterocycles. The summed E-state index contributed by atoms with van der Waals surface area (Å²) in [6, 6.07) is 3.97. The highest BCUT2D eigenvalue weighted by Gasteiger charge is 2.09. The monoisotopic (exact) mass is 332 g/mol. The van der Waals surface area contributed by atoms with Gasteiger partial charge in [-0.15, -0.1) is 0 Å². The Hall–Kier alpha value is -1.50. The van der Waals surface area contributed by atoms with Crippen LogP contribution >= 0.6 is 15.9 Å². The zero-order valence-corrected chi connectivity index (χ0v) is 13.3. The highest BCUT2D eigenvalue weighted by atomic mass is 79.9. The van der Waals surface area contributed by atoms with Crippen LogP contribution in [0.25, 0.3) is 5.69 Å². The molecule has 19 heavy (non-hydrogen) atoms. The van der Waals surface area contributed by atoms with Crippen LogP contribution in [0.15, 0.2) is 27.5 Å². The number of aromatic nitrogens is 4. The van der Waals surface area contributed by atoms with Crippen LogP contribution in [0.2, 0.25) is 0 Å². The third-order valence-electron chi connectivity index (χ3n) is 1.86. The van der Waals surface area contributed by atoms with E-state index < -0.39 is 0 Å². The van der Waals surface area contributed by atoms with Crippen LogP contribution in [-0.4, -0.2) is 19.8 Å². The maximum absolute atomic E-state index is 12.8. The van der Waals surface area contributed by atoms with Gasteiger partial charge in [0.1, 0.15) is 5.82 Å². The molecule has 5 nitrogen and oxygen atoms in total. The number of halogens is 2. The van der Waals surface area contributed by atoms with Crippen LogP contribution in [0.4, 0.5) is 4.39 Å². The Balaban J connectivity index is 0.000000741. The molecule has 0 aliphatic rings. The van der Waals surface area contributed by atoms with Gasteiger partial charge in [0, 0.05) is 11.5 Å². The van der Waals surface area contributed by atoms with E-state index in [2.05, 4.69) is 26.4 Å². The molecule has 1 aromatic heterocycles. The molecule has 0 radical (unpaired) electrons. The highest BCUT2D eigenvalue weighted by molar-refractivity contribution is 9.10. The Kier molecular flexibility index (Phi) is 7.90. The molecule has 0 saturated carbocycles. The Labute approximate surface area is 120 Å². The summed E-state index contributed by atoms with van der Waals surface area (Å²) < 4.78 is 15.4. The average molecular weight is 333 g/mol. The summed E-state index contributed by atoms with van der Waals surface area (Å²) in [4.78, 5) is 11.5. The molecular formula is C12H18BrFN4O. The van der Waals surface area contributed by atoms with E-state index in [1.807, 2.05) is 27.7 Å². The number of rotatable bonds is 1. The van der Waals surface area contributed by atoms with Crippen molar-refractivity contribution in [1.82, 2.24) is 19.8 Å². The van der Waals surface area contributed by atoms with Crippen LogP contribution in [0, 0.1) is 5.82 Å². The smallest absolute Gasteiger partial charge is 0.244 e. The van der Waals surface area contributed by atoms with E-state index in [9.17, 15) is 9.18 Å². The van der Waals surface area contributed by atoms with Gasteiger partial charge in [0.15, 0.2) is 0 Å². The molecule has 1 aromatic carbocycles. The molecule has 0 bridgehead atoms. The first-order valence-corrected chi connectivity index (χ1v) is 6.83. The van der Waals surface area contributed by atoms with Gasteiger partial charge in [-0.1, -0.05) is 27.7 Å². The molecule has 2 aromatic rings. The van der Waals surface area contributed by atoms with Crippen molar-refractivity contribution < 1.29 is 4.39 Å². The first kappa shape index (κ1) is 17.5. The van der Waals surface area contributed by atoms with Gasteiger partial charge < -0.3 is 0 Å². The molecule has 0 N–H and O–H groups in total. The first-order valence-electron chi connectivity index (χ1n) is 6.04. The van der Waals surface area contributed by atoms with Crippen LogP contribution in [0.1, 0.15) is 27.7 Å². The molecule has 7 heteroatoms. The molecule has 0 atom stereocenters. The van der Waals surface area contributed by atoms with Gasteiger partial charge in [0.25, 0.3) is 0 Å². The predicted octanol–water partition coefficient (Wildman–Crippen LogP) is 2.92. The summed E-state index contributed by atoms with van der Waals surface area (Å²) in [5.74, 6) is -0.387. The maximum Gasteiger partial charge on any atom is 0.368 e. The van der Waals surface area contributed by atoms with E-state index in [4.69, 9.17) is 0 Å². The molecular weight excluding hydrogens is 315 g/mol. The molecule has 0 aliphatic carbocycles. The van der Waals surface area contributed by atoms with E-state index in [1.54, 1.807) is 0 Å². The fourth-order valence-corrected chi connectivity index (χ4v) is 1.64. The van der Waals surface area contributed by atoms with E-state index in [1.165, 1.54) is 25.2 Å². The van der Waals surface area contributed by atoms with E-state index in [0.717, 1.165) is 9.36 Å². The minimum Gasteiger partial charge on any atom is -0.244 e. The highest BCUT2D eigenvalue weighted by Crippen LogP contribution is 2.19. The lowest BCUT2D eigenvalue weighted by molar-refractivity contribution is 0.625. The molecule has 2 rings (SSSR count). The summed E-state index contributed by atoms with van der Waals surface area (Å²) in [6.07, 6.45) is 0. The largest absolute Gasteiger partial charge is 0.368 e. The van der Waals surface area contributed by atoms with Crippen molar-refractivity contribution in [2.45, 2.75) is 27.7 Å². The van der Waals surface area contributed by atoms with Crippen LogP contribution in [-0.2, 0) is 7.05 Å². The number of nitrogens with zero attached hydrogens (tertiary/aromatic N) is 4. The van der Waals surface area contributed by atoms with Crippen molar-refractivity contribution in [2.75, 3.05) is 0 Å². The number of aryl methyl sites for hydroxylation is 1. The average Bonchev–Trinajstić information content (AvgIpc) is 2.75. The Morgan fingerprint density at radius 2 is 1.74 bits per heavy atom. The number of tetrazole rings is 1. The van der Waals surface area contributed by atoms with Gasteiger partial charge in [0.2, 0.25) is 0 Å². The standard InChI is InChI=1S/C8H6BrFN4O.2C2H6/c1-13-8(15)14(12-11-13)7-3-2-5(10)4-6(7)9;2*1-2/h2-4H,1H3;2*1-2H3. The van der Waals surface area contributed by atoms with Crippen LogP contribution in [0.3, 0.4) is 0 Å². The van der Waals surface area contributed by atoms with Crippen molar-refractivity contribution in [1.29, 1.82) is 0 Å². The van der Waals surface area contributed by atoms with Crippen molar-refractivity contribution in [3.05, 3.63) is 39.0 Å². The normalized spacial score (nSPS) is 9.00. The minimum absolute atomic E-state index is 0.387. The lowest BCUT2D eigenvalue weighted by Gasteiger charge is -2.00. The number of benzene rings is 1. The SMILES string of the molecule is CC.CC.Cn1nnn(-c2ccc(F)cc2Br)c1=O. The van der Waals surface area contributed by atoms with Crippen LogP contribution in [0.5, 0.6) is 0 Å². The maximum atomic E-state index is 12.8. The molecule has 0 fully saturated rings. The summed E-state index contributed by atoms with van der Waals surface area (Å²) in [7, 11) is 1.49. The van der Waals surface area contributed by atoms with Crippen molar-refractivity contribution in [3.8, 4) is 5.69 Å². The summed E-state index contributed by atoms with van der Waals surface area (Å²) in [5, 5.41) is 7.20. The van der Waals surface area contributed by atoms with Crippen molar-refractivity contribution in [3.63, 3.8) is 0 Å². The second-order valence-electron chi connectivity index (χ2n) is 2.89. The van der Waals surface area contributed by atoms with Crippen molar-refractivity contribution in [2.24, 2.45) is 7.05 Å². The summed E-state index contributed by atoms with van der Waals surface area (Å²) in [6.45, 7) is 8.00. The quantitative estimate of drug-likeness (QED) is 0.806. The predicted molar refractivity (Wildman–Crippen MR) is 77.0 cm³/mol. The Morgan fingerprint density at radius 1 is 1.16 bits per heavy atom. The third kappa shape index (κ3) is 4.27. The summed E-state index contributed by atoms with van der Waals surface area (Å²) >= 11 is 3.15. The molecule has 0 spiro atoms. The number of hydrogen-bond acceptors (Lipinski definition) is 3. The van der Waals surface area contributed by atoms with Gasteiger partial charge >= 0.3 is 5.69 Å². The second kappa shape index (κ2) is 8.58. The summed E-state index contributed by atoms with van der Waals surface area (Å²) in [5.41, 5.74) is 0.0665. The molecule has 0 saturated heterocycles. The minimum atomic E-state index is -0.387. The lowest BCUT2D eigenvalue weighted by Crippen LogP contribution is -2.22. The number of hydrogen-bond donors (Lipinski definition) is 0. The van der Waals surface area contributed by atoms with Crippen LogP contribution < -0.4 is 5.69 Å².